The van der Waals surface area contributed by atoms with Gasteiger partial charge in [-0.15, -0.1) is 0 Å². The first-order valence-electron chi connectivity index (χ1n) is 6.08. The monoisotopic (exact) mass is 271 g/mol. The van der Waals surface area contributed by atoms with E-state index in [4.69, 9.17) is 16.3 Å². The molecule has 0 saturated heterocycles. The molecule has 1 fully saturated rings. The molecule has 1 aromatic rings. The molecular weight excluding hydrogens is 254 g/mol. The van der Waals surface area contributed by atoms with Crippen LogP contribution in [0.15, 0.2) is 11.1 Å². The number of H-pyrrole nitrogens is 1. The van der Waals surface area contributed by atoms with E-state index in [0.29, 0.717) is 12.4 Å². The van der Waals surface area contributed by atoms with Gasteiger partial charge in [-0.1, -0.05) is 25.4 Å². The van der Waals surface area contributed by atoms with Crippen molar-refractivity contribution in [3.63, 3.8) is 0 Å². The van der Waals surface area contributed by atoms with Crippen LogP contribution in [0, 0.1) is 5.41 Å². The summed E-state index contributed by atoms with van der Waals surface area (Å²) in [5.41, 5.74) is -0.323. The Labute approximate surface area is 111 Å². The Morgan fingerprint density at radius 1 is 1.67 bits per heavy atom. The molecule has 0 aliphatic heterocycles. The molecule has 6 heteroatoms. The van der Waals surface area contributed by atoms with E-state index in [-0.39, 0.29) is 28.1 Å². The van der Waals surface area contributed by atoms with Gasteiger partial charge in [-0.25, -0.2) is 4.98 Å². The van der Waals surface area contributed by atoms with Crippen molar-refractivity contribution in [2.45, 2.75) is 39.3 Å². The minimum absolute atomic E-state index is 0.00359. The van der Waals surface area contributed by atoms with Gasteiger partial charge in [0.25, 0.3) is 5.56 Å². The van der Waals surface area contributed by atoms with Crippen LogP contribution in [0.5, 0.6) is 0 Å². The number of nitrogens with one attached hydrogen (secondary N) is 2. The first-order chi connectivity index (χ1) is 8.46. The Hall–Kier alpha value is -1.07. The van der Waals surface area contributed by atoms with Crippen molar-refractivity contribution in [1.29, 1.82) is 0 Å². The first-order valence-corrected chi connectivity index (χ1v) is 6.46. The summed E-state index contributed by atoms with van der Waals surface area (Å²) in [6.45, 7) is 6.97. The maximum Gasteiger partial charge on any atom is 0.271 e. The molecule has 100 valence electrons. The van der Waals surface area contributed by atoms with Crippen molar-refractivity contribution in [2.75, 3.05) is 11.9 Å². The van der Waals surface area contributed by atoms with Gasteiger partial charge in [-0.3, -0.25) is 4.79 Å². The summed E-state index contributed by atoms with van der Waals surface area (Å²) >= 11 is 5.91. The molecule has 2 N–H and O–H groups in total. The zero-order chi connectivity index (χ0) is 13.3. The van der Waals surface area contributed by atoms with Crippen LogP contribution in [0.1, 0.15) is 27.2 Å². The summed E-state index contributed by atoms with van der Waals surface area (Å²) in [5, 5.41) is 3.33. The van der Waals surface area contributed by atoms with Crippen LogP contribution in [0.25, 0.3) is 0 Å². The Morgan fingerprint density at radius 2 is 2.39 bits per heavy atom. The molecule has 18 heavy (non-hydrogen) atoms. The zero-order valence-corrected chi connectivity index (χ0v) is 11.5. The van der Waals surface area contributed by atoms with E-state index in [1.165, 1.54) is 6.33 Å². The SMILES string of the molecule is CCOC1CC(Nc2nc[nH]c(=O)c2Cl)C1(C)C. The average Bonchev–Trinajstić information content (AvgIpc) is 2.33. The van der Waals surface area contributed by atoms with Crippen LogP contribution in [-0.4, -0.2) is 28.7 Å². The number of anilines is 1. The number of halogens is 1. The van der Waals surface area contributed by atoms with E-state index in [9.17, 15) is 4.79 Å². The van der Waals surface area contributed by atoms with Crippen LogP contribution >= 0.6 is 11.6 Å². The lowest BCUT2D eigenvalue weighted by Crippen LogP contribution is -2.58. The van der Waals surface area contributed by atoms with Crippen molar-refractivity contribution < 1.29 is 4.74 Å². The lowest BCUT2D eigenvalue weighted by molar-refractivity contribution is -0.0976. The summed E-state index contributed by atoms with van der Waals surface area (Å²) < 4.78 is 5.65. The highest BCUT2D eigenvalue weighted by molar-refractivity contribution is 6.32. The smallest absolute Gasteiger partial charge is 0.271 e. The molecule has 0 amide bonds. The van der Waals surface area contributed by atoms with Crippen molar-refractivity contribution in [3.05, 3.63) is 21.7 Å². The van der Waals surface area contributed by atoms with Crippen LogP contribution in [0.4, 0.5) is 5.82 Å². The molecule has 1 aliphatic rings. The summed E-state index contributed by atoms with van der Waals surface area (Å²) in [7, 11) is 0. The fraction of sp³-hybridized carbons (Fsp3) is 0.667. The predicted molar refractivity (Wildman–Crippen MR) is 71.1 cm³/mol. The molecule has 0 bridgehead atoms. The Bertz CT molecular complexity index is 486. The summed E-state index contributed by atoms with van der Waals surface area (Å²) in [5.74, 6) is 0.438. The van der Waals surface area contributed by atoms with Gasteiger partial charge in [0, 0.05) is 18.1 Å². The van der Waals surface area contributed by atoms with Crippen LogP contribution < -0.4 is 10.9 Å². The molecule has 5 nitrogen and oxygen atoms in total. The van der Waals surface area contributed by atoms with E-state index in [1.54, 1.807) is 0 Å². The number of rotatable bonds is 4. The number of aromatic amines is 1. The molecule has 1 aliphatic carbocycles. The van der Waals surface area contributed by atoms with E-state index in [1.807, 2.05) is 6.92 Å². The van der Waals surface area contributed by atoms with Gasteiger partial charge >= 0.3 is 0 Å². The molecular formula is C12H18ClN3O2. The Balaban J connectivity index is 2.08. The fourth-order valence-corrected chi connectivity index (χ4v) is 2.42. The first kappa shape index (κ1) is 13.4. The third kappa shape index (κ3) is 2.24. The topological polar surface area (TPSA) is 67.0 Å². The molecule has 0 radical (unpaired) electrons. The van der Waals surface area contributed by atoms with Crippen molar-refractivity contribution >= 4 is 17.4 Å². The van der Waals surface area contributed by atoms with E-state index < -0.39 is 0 Å². The van der Waals surface area contributed by atoms with Crippen molar-refractivity contribution in [3.8, 4) is 0 Å². The van der Waals surface area contributed by atoms with E-state index >= 15 is 0 Å². The average molecular weight is 272 g/mol. The number of nitrogens with zero attached hydrogens (tertiary/aromatic N) is 1. The molecule has 1 heterocycles. The molecule has 2 atom stereocenters. The minimum atomic E-state index is -0.326. The van der Waals surface area contributed by atoms with Gasteiger partial charge in [-0.2, -0.15) is 0 Å². The summed E-state index contributed by atoms with van der Waals surface area (Å²) in [6.07, 6.45) is 2.48. The second kappa shape index (κ2) is 4.90. The number of hydrogen-bond donors (Lipinski definition) is 2. The number of aromatic nitrogens is 2. The summed E-state index contributed by atoms with van der Waals surface area (Å²) in [4.78, 5) is 17.9. The number of ether oxygens (including phenoxy) is 1. The van der Waals surface area contributed by atoms with E-state index in [2.05, 4.69) is 29.1 Å². The molecule has 2 rings (SSSR count). The molecule has 1 aromatic heterocycles. The Morgan fingerprint density at radius 3 is 3.00 bits per heavy atom. The van der Waals surface area contributed by atoms with Crippen LogP contribution in [-0.2, 0) is 4.74 Å². The Kier molecular flexibility index (Phi) is 3.64. The van der Waals surface area contributed by atoms with Gasteiger partial charge in [0.1, 0.15) is 5.02 Å². The summed E-state index contributed by atoms with van der Waals surface area (Å²) in [6, 6.07) is 0.209. The molecule has 2 unspecified atom stereocenters. The minimum Gasteiger partial charge on any atom is -0.378 e. The highest BCUT2D eigenvalue weighted by Crippen LogP contribution is 2.44. The lowest BCUT2D eigenvalue weighted by atomic mass is 9.64. The normalized spacial score (nSPS) is 25.6. The van der Waals surface area contributed by atoms with Gasteiger partial charge in [0.05, 0.1) is 12.4 Å². The predicted octanol–water partition coefficient (Wildman–Crippen LogP) is 2.04. The van der Waals surface area contributed by atoms with Gasteiger partial charge in [0.2, 0.25) is 0 Å². The largest absolute Gasteiger partial charge is 0.378 e. The molecule has 0 spiro atoms. The number of hydrogen-bond acceptors (Lipinski definition) is 4. The fourth-order valence-electron chi connectivity index (χ4n) is 2.26. The van der Waals surface area contributed by atoms with Gasteiger partial charge in [0.15, 0.2) is 5.82 Å². The van der Waals surface area contributed by atoms with E-state index in [0.717, 1.165) is 6.42 Å². The highest BCUT2D eigenvalue weighted by Gasteiger charge is 2.49. The molecule has 1 saturated carbocycles. The third-order valence-electron chi connectivity index (χ3n) is 3.65. The second-order valence-electron chi connectivity index (χ2n) is 5.09. The van der Waals surface area contributed by atoms with Crippen molar-refractivity contribution in [1.82, 2.24) is 9.97 Å². The third-order valence-corrected chi connectivity index (χ3v) is 4.00. The molecule has 0 aromatic carbocycles. The van der Waals surface area contributed by atoms with Gasteiger partial charge < -0.3 is 15.0 Å². The van der Waals surface area contributed by atoms with Crippen LogP contribution in [0.3, 0.4) is 0 Å². The quantitative estimate of drug-likeness (QED) is 0.879. The van der Waals surface area contributed by atoms with Crippen LogP contribution in [0.2, 0.25) is 5.02 Å². The maximum atomic E-state index is 11.4. The van der Waals surface area contributed by atoms with Gasteiger partial charge in [-0.05, 0) is 13.3 Å². The standard InChI is InChI=1S/C12H18ClN3O2/c1-4-18-8-5-7(12(8,2)3)16-10-9(13)11(17)15-6-14-10/h6-8H,4-5H2,1-3H3,(H2,14,15,16,17). The van der Waals surface area contributed by atoms with Crippen molar-refractivity contribution in [2.24, 2.45) is 5.41 Å². The zero-order valence-electron chi connectivity index (χ0n) is 10.8. The highest BCUT2D eigenvalue weighted by atomic mass is 35.5. The lowest BCUT2D eigenvalue weighted by Gasteiger charge is -2.51. The second-order valence-corrected chi connectivity index (χ2v) is 5.47. The maximum absolute atomic E-state index is 11.4.